The van der Waals surface area contributed by atoms with Crippen molar-refractivity contribution in [1.82, 2.24) is 4.90 Å². The zero-order valence-corrected chi connectivity index (χ0v) is 14.0. The number of carboxylic acid groups (broad SMARTS) is 1. The molecule has 1 saturated carbocycles. The maximum atomic E-state index is 11.8. The number of nitrogens with zero attached hydrogens (tertiary/aromatic N) is 1. The van der Waals surface area contributed by atoms with Crippen molar-refractivity contribution in [2.75, 3.05) is 20.1 Å². The maximum absolute atomic E-state index is 11.8. The van der Waals surface area contributed by atoms with Gasteiger partial charge in [0.05, 0.1) is 0 Å². The van der Waals surface area contributed by atoms with Crippen LogP contribution in [-0.4, -0.2) is 53.5 Å². The second kappa shape index (κ2) is 5.43. The molecule has 0 aromatic heterocycles. The van der Waals surface area contributed by atoms with Gasteiger partial charge in [0.15, 0.2) is 0 Å². The molecule has 0 bridgehead atoms. The Morgan fingerprint density at radius 2 is 2.22 bits per heavy atom. The Kier molecular flexibility index (Phi) is 3.63. The normalized spacial score (nSPS) is 27.5. The van der Waals surface area contributed by atoms with Crippen LogP contribution in [0.4, 0.5) is 0 Å². The van der Waals surface area contributed by atoms with Gasteiger partial charge in [0.1, 0.15) is 11.3 Å². The molecule has 1 aliphatic carbocycles. The van der Waals surface area contributed by atoms with Crippen LogP contribution in [0.25, 0.3) is 0 Å². The molecule has 0 unspecified atom stereocenters. The zero-order valence-electron chi connectivity index (χ0n) is 13.2. The topological polar surface area (TPSA) is 70.0 Å². The minimum Gasteiger partial charge on any atom is -0.535 e. The van der Waals surface area contributed by atoms with Gasteiger partial charge in [-0.1, -0.05) is 13.0 Å². The Labute approximate surface area is 140 Å². The van der Waals surface area contributed by atoms with E-state index in [1.807, 2.05) is 12.1 Å². The third-order valence-corrected chi connectivity index (χ3v) is 6.63. The first-order valence-electron chi connectivity index (χ1n) is 8.05. The summed E-state index contributed by atoms with van der Waals surface area (Å²) in [5, 5.41) is 20.0. The number of aromatic carboxylic acids is 1. The van der Waals surface area contributed by atoms with E-state index in [0.29, 0.717) is 16.9 Å². The lowest BCUT2D eigenvalue weighted by Crippen LogP contribution is -2.47. The molecule has 1 saturated heterocycles. The predicted molar refractivity (Wildman–Crippen MR) is 89.4 cm³/mol. The number of rotatable bonds is 4. The quantitative estimate of drug-likeness (QED) is 0.650. The van der Waals surface area contributed by atoms with Gasteiger partial charge in [-0.05, 0) is 36.9 Å². The summed E-state index contributed by atoms with van der Waals surface area (Å²) in [6.45, 7) is 4.26. The third kappa shape index (κ3) is 2.55. The molecule has 0 spiro atoms. The summed E-state index contributed by atoms with van der Waals surface area (Å²) in [6, 6.07) is 3.91. The Morgan fingerprint density at radius 1 is 1.48 bits per heavy atom. The molecule has 3 atom stereocenters. The Morgan fingerprint density at radius 3 is 2.87 bits per heavy atom. The monoisotopic (exact) mass is 333 g/mol. The van der Waals surface area contributed by atoms with Gasteiger partial charge in [-0.15, -0.1) is 11.8 Å². The fourth-order valence-electron chi connectivity index (χ4n) is 3.74. The van der Waals surface area contributed by atoms with Crippen molar-refractivity contribution in [1.29, 1.82) is 0 Å². The van der Waals surface area contributed by atoms with Gasteiger partial charge in [0.2, 0.25) is 0 Å². The Balaban J connectivity index is 1.65. The van der Waals surface area contributed by atoms with Crippen molar-refractivity contribution in [3.8, 4) is 5.75 Å². The van der Waals surface area contributed by atoms with Crippen LogP contribution in [0, 0.1) is 5.92 Å². The van der Waals surface area contributed by atoms with E-state index < -0.39 is 13.1 Å². The minimum absolute atomic E-state index is 0.132. The molecule has 1 aromatic carbocycles. The second-order valence-corrected chi connectivity index (χ2v) is 8.40. The third-order valence-electron chi connectivity index (χ3n) is 5.28. The van der Waals surface area contributed by atoms with E-state index in [2.05, 4.69) is 18.9 Å². The average molecular weight is 333 g/mol. The molecule has 2 N–H and O–H groups in total. The number of benzene rings is 1. The molecule has 7 heteroatoms. The van der Waals surface area contributed by atoms with Crippen LogP contribution in [0.3, 0.4) is 0 Å². The van der Waals surface area contributed by atoms with Crippen molar-refractivity contribution in [3.63, 3.8) is 0 Å². The summed E-state index contributed by atoms with van der Waals surface area (Å²) in [7, 11) is 1.22. The van der Waals surface area contributed by atoms with Crippen LogP contribution in [0.5, 0.6) is 5.75 Å². The van der Waals surface area contributed by atoms with E-state index in [1.54, 1.807) is 11.8 Å². The molecule has 2 fully saturated rings. The van der Waals surface area contributed by atoms with Crippen LogP contribution in [0.2, 0.25) is 5.82 Å². The average Bonchev–Trinajstić information content (AvgIpc) is 3.24. The SMILES string of the molecule is C[C@@H](Sc1ccc2c(c1C(=O)O)OB(O)[C@@H]1C[C@H]21)C1CN(C)C1. The summed E-state index contributed by atoms with van der Waals surface area (Å²) in [6.07, 6.45) is 0.879. The largest absolute Gasteiger partial charge is 0.535 e. The Bertz CT molecular complexity index is 664. The summed E-state index contributed by atoms with van der Waals surface area (Å²) < 4.78 is 5.57. The number of thioether (sulfide) groups is 1. The predicted octanol–water partition coefficient (Wildman–Crippen LogP) is 2.16. The molecule has 3 aliphatic rings. The highest BCUT2D eigenvalue weighted by Crippen LogP contribution is 2.60. The van der Waals surface area contributed by atoms with Gasteiger partial charge in [0.25, 0.3) is 0 Å². The molecule has 2 heterocycles. The first-order valence-corrected chi connectivity index (χ1v) is 8.93. The van der Waals surface area contributed by atoms with Crippen LogP contribution in [0.1, 0.15) is 35.2 Å². The lowest BCUT2D eigenvalue weighted by Gasteiger charge is -2.39. The smallest absolute Gasteiger partial charge is 0.526 e. The van der Waals surface area contributed by atoms with Gasteiger partial charge < -0.3 is 19.7 Å². The van der Waals surface area contributed by atoms with Gasteiger partial charge >= 0.3 is 13.1 Å². The highest BCUT2D eigenvalue weighted by Gasteiger charge is 2.54. The van der Waals surface area contributed by atoms with Gasteiger partial charge in [-0.3, -0.25) is 0 Å². The van der Waals surface area contributed by atoms with E-state index >= 15 is 0 Å². The van der Waals surface area contributed by atoms with Gasteiger partial charge in [-0.2, -0.15) is 0 Å². The number of carboxylic acids is 1. The molecule has 0 amide bonds. The molecule has 5 nitrogen and oxygen atoms in total. The van der Waals surface area contributed by atoms with E-state index in [4.69, 9.17) is 4.65 Å². The lowest BCUT2D eigenvalue weighted by atomic mass is 9.77. The lowest BCUT2D eigenvalue weighted by molar-refractivity contribution is 0.0690. The first kappa shape index (κ1) is 15.4. The number of hydrogen-bond acceptors (Lipinski definition) is 5. The van der Waals surface area contributed by atoms with Gasteiger partial charge in [0, 0.05) is 29.1 Å². The molecule has 4 rings (SSSR count). The molecule has 1 aromatic rings. The molecular weight excluding hydrogens is 313 g/mol. The van der Waals surface area contributed by atoms with E-state index in [1.165, 1.54) is 0 Å². The molecule has 122 valence electrons. The van der Waals surface area contributed by atoms with E-state index in [-0.39, 0.29) is 17.3 Å². The number of hydrogen-bond donors (Lipinski definition) is 2. The number of fused-ring (bicyclic) bond motifs is 3. The summed E-state index contributed by atoms with van der Waals surface area (Å²) in [5.74, 6) is 0.373. The van der Waals surface area contributed by atoms with E-state index in [9.17, 15) is 14.9 Å². The van der Waals surface area contributed by atoms with Crippen molar-refractivity contribution < 1.29 is 19.6 Å². The fraction of sp³-hybridized carbons (Fsp3) is 0.562. The van der Waals surface area contributed by atoms with Crippen molar-refractivity contribution in [2.45, 2.75) is 35.2 Å². The van der Waals surface area contributed by atoms with Crippen molar-refractivity contribution in [2.24, 2.45) is 5.92 Å². The van der Waals surface area contributed by atoms with Gasteiger partial charge in [-0.25, -0.2) is 4.79 Å². The number of carbonyl (C=O) groups is 1. The van der Waals surface area contributed by atoms with E-state index in [0.717, 1.165) is 30.0 Å². The first-order chi connectivity index (χ1) is 11.0. The number of likely N-dealkylation sites (tertiary alicyclic amines) is 1. The Hall–Kier alpha value is -1.18. The standard InChI is InChI=1S/C16H20BNO4S/c1-8(9-6-18(2)7-9)23-13-4-3-10-11-5-12(11)17(21)22-15(10)14(13)16(19)20/h3-4,8-9,11-12,21H,5-7H2,1-2H3,(H,19,20)/t8-,11-,12-/m1/s1. The molecule has 0 radical (unpaired) electrons. The zero-order chi connectivity index (χ0) is 16.3. The van der Waals surface area contributed by atoms with Crippen molar-refractivity contribution >= 4 is 24.8 Å². The minimum atomic E-state index is -0.978. The van der Waals surface area contributed by atoms with Crippen LogP contribution < -0.4 is 4.65 Å². The maximum Gasteiger partial charge on any atom is 0.526 e. The fourth-order valence-corrected chi connectivity index (χ4v) is 4.95. The highest BCUT2D eigenvalue weighted by molar-refractivity contribution is 8.00. The van der Waals surface area contributed by atoms with Crippen LogP contribution in [0.15, 0.2) is 17.0 Å². The van der Waals surface area contributed by atoms with Crippen LogP contribution in [-0.2, 0) is 0 Å². The van der Waals surface area contributed by atoms with Crippen LogP contribution >= 0.6 is 11.8 Å². The second-order valence-electron chi connectivity index (χ2n) is 6.98. The summed E-state index contributed by atoms with van der Waals surface area (Å²) >= 11 is 1.60. The summed E-state index contributed by atoms with van der Waals surface area (Å²) in [5.41, 5.74) is 1.16. The highest BCUT2D eigenvalue weighted by atomic mass is 32.2. The molecular formula is C16H20BNO4S. The summed E-state index contributed by atoms with van der Waals surface area (Å²) in [4.78, 5) is 14.8. The molecule has 2 aliphatic heterocycles. The molecule has 23 heavy (non-hydrogen) atoms. The van der Waals surface area contributed by atoms with Crippen molar-refractivity contribution in [3.05, 3.63) is 23.3 Å².